The summed E-state index contributed by atoms with van der Waals surface area (Å²) in [6.07, 6.45) is -8.81. The summed E-state index contributed by atoms with van der Waals surface area (Å²) in [6, 6.07) is 0. The Kier molecular flexibility index (Phi) is 6.57. The van der Waals surface area contributed by atoms with Crippen LogP contribution in [0, 0.1) is 0 Å². The molecule has 0 saturated carbocycles. The summed E-state index contributed by atoms with van der Waals surface area (Å²) in [5, 5.41) is 49.3. The van der Waals surface area contributed by atoms with Crippen molar-refractivity contribution in [1.82, 2.24) is 0 Å². The highest BCUT2D eigenvalue weighted by Crippen LogP contribution is 2.29. The minimum Gasteiger partial charge on any atom is -0.394 e. The second kappa shape index (κ2) is 7.90. The van der Waals surface area contributed by atoms with Crippen LogP contribution in [0.3, 0.4) is 0 Å². The van der Waals surface area contributed by atoms with Gasteiger partial charge in [0.15, 0.2) is 12.6 Å². The fourth-order valence-corrected chi connectivity index (χ4v) is 2.76. The van der Waals surface area contributed by atoms with E-state index in [9.17, 15) is 25.5 Å². The van der Waals surface area contributed by atoms with Crippen LogP contribution in [0.25, 0.3) is 0 Å². The van der Waals surface area contributed by atoms with E-state index in [1.165, 1.54) is 0 Å². The fraction of sp³-hybridized carbons (Fsp3) is 1.00. The lowest BCUT2D eigenvalue weighted by Gasteiger charge is -2.45. The van der Waals surface area contributed by atoms with Crippen LogP contribution in [-0.4, -0.2) is 93.6 Å². The maximum absolute atomic E-state index is 10.3. The molecule has 5 N–H and O–H groups in total. The summed E-state index contributed by atoms with van der Waals surface area (Å²) in [7, 11) is 0. The Hall–Kier alpha value is -0.360. The average molecular weight is 352 g/mol. The van der Waals surface area contributed by atoms with Gasteiger partial charge in [-0.05, 0) is 20.8 Å². The molecule has 9 heteroatoms. The Morgan fingerprint density at radius 2 is 1.75 bits per heavy atom. The van der Waals surface area contributed by atoms with E-state index in [4.69, 9.17) is 18.9 Å². The predicted octanol–water partition coefficient (Wildman–Crippen LogP) is -1.91. The Balaban J connectivity index is 2.03. The smallest absolute Gasteiger partial charge is 0.187 e. The molecular weight excluding hydrogens is 324 g/mol. The molecule has 8 unspecified atom stereocenters. The SMILES string of the molecule is CC(C)(C)OC1C(CO)OC(OC2COC(O)CC2O)C(O)C1O. The lowest BCUT2D eigenvalue weighted by molar-refractivity contribution is -0.340. The zero-order valence-corrected chi connectivity index (χ0v) is 14.1. The Bertz CT molecular complexity index is 397. The monoisotopic (exact) mass is 352 g/mol. The van der Waals surface area contributed by atoms with Crippen molar-refractivity contribution in [3.8, 4) is 0 Å². The maximum atomic E-state index is 10.3. The minimum absolute atomic E-state index is 0.0325. The zero-order chi connectivity index (χ0) is 18.1. The summed E-state index contributed by atoms with van der Waals surface area (Å²) in [5.41, 5.74) is -0.612. The van der Waals surface area contributed by atoms with Crippen molar-refractivity contribution < 1.29 is 44.5 Å². The van der Waals surface area contributed by atoms with Crippen LogP contribution in [0.5, 0.6) is 0 Å². The molecule has 2 aliphatic heterocycles. The van der Waals surface area contributed by atoms with Crippen LogP contribution in [-0.2, 0) is 18.9 Å². The van der Waals surface area contributed by atoms with E-state index in [1.54, 1.807) is 20.8 Å². The quantitative estimate of drug-likeness (QED) is 0.392. The van der Waals surface area contributed by atoms with E-state index >= 15 is 0 Å². The molecule has 0 aromatic carbocycles. The van der Waals surface area contributed by atoms with Crippen molar-refractivity contribution in [2.24, 2.45) is 0 Å². The molecule has 142 valence electrons. The van der Waals surface area contributed by atoms with Gasteiger partial charge in [0, 0.05) is 6.42 Å². The summed E-state index contributed by atoms with van der Waals surface area (Å²) < 4.78 is 21.7. The minimum atomic E-state index is -1.43. The Labute approximate surface area is 140 Å². The van der Waals surface area contributed by atoms with Gasteiger partial charge in [0.1, 0.15) is 30.5 Å². The van der Waals surface area contributed by atoms with E-state index in [0.717, 1.165) is 0 Å². The highest BCUT2D eigenvalue weighted by molar-refractivity contribution is 4.92. The van der Waals surface area contributed by atoms with Crippen molar-refractivity contribution in [2.75, 3.05) is 13.2 Å². The van der Waals surface area contributed by atoms with Gasteiger partial charge in [-0.25, -0.2) is 0 Å². The molecule has 9 nitrogen and oxygen atoms in total. The standard InChI is InChI=1S/C15H28O9/c1-15(2,3)24-13-8(5-16)22-14(12(20)11(13)19)23-9-6-21-10(18)4-7(9)17/h7-14,16-20H,4-6H2,1-3H3. The highest BCUT2D eigenvalue weighted by atomic mass is 16.7. The number of hydrogen-bond acceptors (Lipinski definition) is 9. The van der Waals surface area contributed by atoms with E-state index in [1.807, 2.05) is 0 Å². The highest BCUT2D eigenvalue weighted by Gasteiger charge is 2.48. The molecule has 2 heterocycles. The molecule has 0 spiro atoms. The molecule has 0 radical (unpaired) electrons. The maximum Gasteiger partial charge on any atom is 0.187 e. The topological polar surface area (TPSA) is 138 Å². The molecule has 2 aliphatic rings. The Morgan fingerprint density at radius 1 is 1.08 bits per heavy atom. The zero-order valence-electron chi connectivity index (χ0n) is 14.1. The van der Waals surface area contributed by atoms with Gasteiger partial charge < -0.3 is 44.5 Å². The lowest BCUT2D eigenvalue weighted by atomic mass is 9.97. The van der Waals surface area contributed by atoms with Gasteiger partial charge in [-0.15, -0.1) is 0 Å². The molecule has 0 aromatic rings. The second-order valence-electron chi connectivity index (χ2n) is 7.17. The Morgan fingerprint density at radius 3 is 2.29 bits per heavy atom. The van der Waals surface area contributed by atoms with Crippen molar-refractivity contribution >= 4 is 0 Å². The van der Waals surface area contributed by atoms with Gasteiger partial charge >= 0.3 is 0 Å². The molecule has 0 aromatic heterocycles. The number of rotatable bonds is 4. The first-order valence-electron chi connectivity index (χ1n) is 8.06. The normalized spacial score (nSPS) is 44.5. The molecular formula is C15H28O9. The number of hydrogen-bond donors (Lipinski definition) is 5. The molecule has 0 aliphatic carbocycles. The third kappa shape index (κ3) is 4.84. The summed E-state index contributed by atoms with van der Waals surface area (Å²) >= 11 is 0. The van der Waals surface area contributed by atoms with E-state index in [2.05, 4.69) is 0 Å². The number of aliphatic hydroxyl groups is 5. The summed E-state index contributed by atoms with van der Waals surface area (Å²) in [4.78, 5) is 0. The molecule has 0 amide bonds. The molecule has 2 rings (SSSR count). The van der Waals surface area contributed by atoms with E-state index in [0.29, 0.717) is 0 Å². The first-order valence-corrected chi connectivity index (χ1v) is 8.06. The van der Waals surface area contributed by atoms with Gasteiger partial charge in [0.2, 0.25) is 0 Å². The number of ether oxygens (including phenoxy) is 4. The van der Waals surface area contributed by atoms with Crippen LogP contribution < -0.4 is 0 Å². The first kappa shape index (κ1) is 20.0. The van der Waals surface area contributed by atoms with Crippen LogP contribution >= 0.6 is 0 Å². The lowest BCUT2D eigenvalue weighted by Crippen LogP contribution is -2.62. The molecule has 2 fully saturated rings. The van der Waals surface area contributed by atoms with Crippen LogP contribution in [0.1, 0.15) is 27.2 Å². The predicted molar refractivity (Wildman–Crippen MR) is 79.8 cm³/mol. The third-order valence-corrected chi connectivity index (χ3v) is 3.94. The van der Waals surface area contributed by atoms with Crippen LogP contribution in [0.15, 0.2) is 0 Å². The molecule has 24 heavy (non-hydrogen) atoms. The van der Waals surface area contributed by atoms with Crippen molar-refractivity contribution in [2.45, 2.75) is 82.0 Å². The van der Waals surface area contributed by atoms with Crippen molar-refractivity contribution in [1.29, 1.82) is 0 Å². The molecule has 2 saturated heterocycles. The molecule has 0 bridgehead atoms. The van der Waals surface area contributed by atoms with E-state index in [-0.39, 0.29) is 13.0 Å². The third-order valence-electron chi connectivity index (χ3n) is 3.94. The fourth-order valence-electron chi connectivity index (χ4n) is 2.76. The van der Waals surface area contributed by atoms with Crippen molar-refractivity contribution in [3.05, 3.63) is 0 Å². The first-order chi connectivity index (χ1) is 11.1. The van der Waals surface area contributed by atoms with Crippen molar-refractivity contribution in [3.63, 3.8) is 0 Å². The van der Waals surface area contributed by atoms with Gasteiger partial charge in [-0.2, -0.15) is 0 Å². The summed E-state index contributed by atoms with van der Waals surface area (Å²) in [6.45, 7) is 4.82. The van der Waals surface area contributed by atoms with Gasteiger partial charge in [-0.3, -0.25) is 0 Å². The molecule has 8 atom stereocenters. The van der Waals surface area contributed by atoms with Crippen LogP contribution in [0.4, 0.5) is 0 Å². The van der Waals surface area contributed by atoms with Gasteiger partial charge in [-0.1, -0.05) is 0 Å². The van der Waals surface area contributed by atoms with E-state index < -0.39 is 61.4 Å². The summed E-state index contributed by atoms with van der Waals surface area (Å²) in [5.74, 6) is 0. The van der Waals surface area contributed by atoms with Crippen LogP contribution in [0.2, 0.25) is 0 Å². The largest absolute Gasteiger partial charge is 0.394 e. The number of aliphatic hydroxyl groups excluding tert-OH is 5. The average Bonchev–Trinajstić information content (AvgIpc) is 2.48. The van der Waals surface area contributed by atoms with Gasteiger partial charge in [0.05, 0.1) is 24.9 Å². The second-order valence-corrected chi connectivity index (χ2v) is 7.17. The van der Waals surface area contributed by atoms with Gasteiger partial charge in [0.25, 0.3) is 0 Å².